The van der Waals surface area contributed by atoms with Crippen molar-refractivity contribution in [3.8, 4) is 5.75 Å². The third-order valence-electron chi connectivity index (χ3n) is 3.66. The van der Waals surface area contributed by atoms with E-state index in [0.717, 1.165) is 22.3 Å². The second kappa shape index (κ2) is 6.28. The molecule has 3 rings (SSSR count). The van der Waals surface area contributed by atoms with Crippen LogP contribution in [0, 0.1) is 0 Å². The lowest BCUT2D eigenvalue weighted by Gasteiger charge is -2.19. The van der Waals surface area contributed by atoms with Crippen LogP contribution in [0.3, 0.4) is 0 Å². The zero-order chi connectivity index (χ0) is 17.3. The third kappa shape index (κ3) is 3.28. The first-order chi connectivity index (χ1) is 11.4. The summed E-state index contributed by atoms with van der Waals surface area (Å²) in [5, 5.41) is 8.81. The van der Waals surface area contributed by atoms with Gasteiger partial charge in [-0.05, 0) is 50.1 Å². The van der Waals surface area contributed by atoms with Gasteiger partial charge in [0.15, 0.2) is 5.65 Å². The van der Waals surface area contributed by atoms with Crippen LogP contribution in [0.4, 0.5) is 5.82 Å². The van der Waals surface area contributed by atoms with Gasteiger partial charge in [-0.15, -0.1) is 0 Å². The minimum absolute atomic E-state index is 0.188. The molecule has 0 fully saturated rings. The summed E-state index contributed by atoms with van der Waals surface area (Å²) in [6.07, 6.45) is 1.77. The maximum Gasteiger partial charge on any atom is 0.226 e. The summed E-state index contributed by atoms with van der Waals surface area (Å²) in [7, 11) is 1.65. The summed E-state index contributed by atoms with van der Waals surface area (Å²) in [6.45, 7) is 6.83. The predicted octanol–water partition coefficient (Wildman–Crippen LogP) is 3.86. The largest absolute Gasteiger partial charge is 0.497 e. The molecular weight excluding hydrogens is 326 g/mol. The molecule has 0 amide bonds. The molecule has 0 atom stereocenters. The Morgan fingerprint density at radius 3 is 2.50 bits per heavy atom. The number of benzene rings is 1. The molecular formula is C17H20ClN5O. The number of fused-ring (bicyclic) bond motifs is 1. The van der Waals surface area contributed by atoms with Crippen LogP contribution in [-0.4, -0.2) is 26.9 Å². The Morgan fingerprint density at radius 2 is 1.88 bits per heavy atom. The van der Waals surface area contributed by atoms with Gasteiger partial charge < -0.3 is 10.1 Å². The Morgan fingerprint density at radius 1 is 1.17 bits per heavy atom. The zero-order valence-corrected chi connectivity index (χ0v) is 14.9. The fourth-order valence-electron chi connectivity index (χ4n) is 2.44. The fraction of sp³-hybridized carbons (Fsp3) is 0.353. The maximum atomic E-state index is 6.10. The molecule has 6 nitrogen and oxygen atoms in total. The van der Waals surface area contributed by atoms with Gasteiger partial charge in [0, 0.05) is 6.54 Å². The number of rotatable bonds is 4. The highest BCUT2D eigenvalue weighted by Crippen LogP contribution is 2.26. The number of nitrogens with zero attached hydrogens (tertiary/aromatic N) is 4. The van der Waals surface area contributed by atoms with Gasteiger partial charge in [0.1, 0.15) is 11.6 Å². The Bertz CT molecular complexity index is 852. The Balaban J connectivity index is 1.90. The molecule has 2 aromatic heterocycles. The minimum Gasteiger partial charge on any atom is -0.497 e. The molecule has 0 aliphatic carbocycles. The van der Waals surface area contributed by atoms with Crippen LogP contribution >= 0.6 is 11.6 Å². The number of ether oxygens (including phenoxy) is 1. The van der Waals surface area contributed by atoms with Crippen molar-refractivity contribution in [2.45, 2.75) is 32.9 Å². The van der Waals surface area contributed by atoms with Crippen LogP contribution in [0.25, 0.3) is 11.0 Å². The number of methoxy groups -OCH3 is 1. The van der Waals surface area contributed by atoms with E-state index in [9.17, 15) is 0 Å². The summed E-state index contributed by atoms with van der Waals surface area (Å²) < 4.78 is 7.03. The van der Waals surface area contributed by atoms with Gasteiger partial charge in [-0.2, -0.15) is 15.1 Å². The molecule has 0 unspecified atom stereocenters. The Labute approximate surface area is 145 Å². The normalized spacial score (nSPS) is 11.7. The molecule has 0 saturated heterocycles. The molecule has 0 saturated carbocycles. The van der Waals surface area contributed by atoms with Gasteiger partial charge in [0.25, 0.3) is 0 Å². The standard InChI is InChI=1S/C17H20ClN5O/c1-17(2,3)23-15-13(10-20-23)14(21-16(18)22-15)19-9-11-5-7-12(24-4)8-6-11/h5-8,10H,9H2,1-4H3,(H,19,21,22). The monoisotopic (exact) mass is 345 g/mol. The number of nitrogens with one attached hydrogen (secondary N) is 1. The van der Waals surface area contributed by atoms with E-state index in [1.807, 2.05) is 28.9 Å². The van der Waals surface area contributed by atoms with E-state index < -0.39 is 0 Å². The number of halogens is 1. The van der Waals surface area contributed by atoms with Gasteiger partial charge in [-0.3, -0.25) is 0 Å². The summed E-state index contributed by atoms with van der Waals surface area (Å²) in [4.78, 5) is 8.65. The van der Waals surface area contributed by atoms with Crippen molar-refractivity contribution < 1.29 is 4.74 Å². The highest BCUT2D eigenvalue weighted by atomic mass is 35.5. The van der Waals surface area contributed by atoms with E-state index in [4.69, 9.17) is 16.3 Å². The van der Waals surface area contributed by atoms with E-state index in [1.165, 1.54) is 0 Å². The molecule has 24 heavy (non-hydrogen) atoms. The van der Waals surface area contributed by atoms with Crippen molar-refractivity contribution in [2.75, 3.05) is 12.4 Å². The van der Waals surface area contributed by atoms with Crippen molar-refractivity contribution in [1.82, 2.24) is 19.7 Å². The average Bonchev–Trinajstić information content (AvgIpc) is 2.97. The van der Waals surface area contributed by atoms with Crippen molar-refractivity contribution in [1.29, 1.82) is 0 Å². The van der Waals surface area contributed by atoms with Crippen molar-refractivity contribution in [3.05, 3.63) is 41.3 Å². The summed E-state index contributed by atoms with van der Waals surface area (Å²) in [5.41, 5.74) is 1.65. The lowest BCUT2D eigenvalue weighted by molar-refractivity contribution is 0.366. The van der Waals surface area contributed by atoms with Gasteiger partial charge in [0.2, 0.25) is 5.28 Å². The Hall–Kier alpha value is -2.34. The molecule has 0 spiro atoms. The molecule has 0 bridgehead atoms. The molecule has 0 aliphatic rings. The molecule has 0 aliphatic heterocycles. The van der Waals surface area contributed by atoms with Crippen LogP contribution in [0.2, 0.25) is 5.28 Å². The molecule has 0 radical (unpaired) electrons. The molecule has 7 heteroatoms. The smallest absolute Gasteiger partial charge is 0.226 e. The summed E-state index contributed by atoms with van der Waals surface area (Å²) in [5.74, 6) is 1.51. The first-order valence-corrected chi connectivity index (χ1v) is 8.05. The number of anilines is 1. The average molecular weight is 346 g/mol. The summed E-state index contributed by atoms with van der Waals surface area (Å²) in [6, 6.07) is 7.86. The van der Waals surface area contributed by atoms with Crippen molar-refractivity contribution >= 4 is 28.5 Å². The van der Waals surface area contributed by atoms with E-state index >= 15 is 0 Å². The van der Waals surface area contributed by atoms with E-state index in [2.05, 4.69) is 41.2 Å². The van der Waals surface area contributed by atoms with Crippen LogP contribution in [0.1, 0.15) is 26.3 Å². The number of aromatic nitrogens is 4. The highest BCUT2D eigenvalue weighted by molar-refractivity contribution is 6.28. The minimum atomic E-state index is -0.188. The second-order valence-electron chi connectivity index (χ2n) is 6.51. The maximum absolute atomic E-state index is 6.10. The first kappa shape index (κ1) is 16.5. The molecule has 2 heterocycles. The number of hydrogen-bond donors (Lipinski definition) is 1. The fourth-order valence-corrected chi connectivity index (χ4v) is 2.60. The van der Waals surface area contributed by atoms with Crippen molar-refractivity contribution in [2.24, 2.45) is 0 Å². The van der Waals surface area contributed by atoms with Gasteiger partial charge >= 0.3 is 0 Å². The lowest BCUT2D eigenvalue weighted by Crippen LogP contribution is -2.23. The van der Waals surface area contributed by atoms with E-state index in [0.29, 0.717) is 12.4 Å². The quantitative estimate of drug-likeness (QED) is 0.727. The van der Waals surface area contributed by atoms with Gasteiger partial charge in [-0.1, -0.05) is 12.1 Å². The topological polar surface area (TPSA) is 64.9 Å². The summed E-state index contributed by atoms with van der Waals surface area (Å²) >= 11 is 6.10. The zero-order valence-electron chi connectivity index (χ0n) is 14.2. The van der Waals surface area contributed by atoms with Crippen LogP contribution < -0.4 is 10.1 Å². The molecule has 3 aromatic rings. The van der Waals surface area contributed by atoms with E-state index in [-0.39, 0.29) is 10.8 Å². The molecule has 126 valence electrons. The molecule has 1 aromatic carbocycles. The highest BCUT2D eigenvalue weighted by Gasteiger charge is 2.20. The van der Waals surface area contributed by atoms with Gasteiger partial charge in [-0.25, -0.2) is 4.68 Å². The van der Waals surface area contributed by atoms with Crippen LogP contribution in [0.15, 0.2) is 30.5 Å². The van der Waals surface area contributed by atoms with Gasteiger partial charge in [0.05, 0.1) is 24.2 Å². The lowest BCUT2D eigenvalue weighted by atomic mass is 10.1. The SMILES string of the molecule is COc1ccc(CNc2nc(Cl)nc3c2cnn3C(C)(C)C)cc1. The van der Waals surface area contributed by atoms with Crippen LogP contribution in [-0.2, 0) is 12.1 Å². The predicted molar refractivity (Wildman–Crippen MR) is 95.6 cm³/mol. The van der Waals surface area contributed by atoms with Crippen LogP contribution in [0.5, 0.6) is 5.75 Å². The number of hydrogen-bond acceptors (Lipinski definition) is 5. The molecule has 1 N–H and O–H groups in total. The second-order valence-corrected chi connectivity index (χ2v) is 6.85. The third-order valence-corrected chi connectivity index (χ3v) is 3.82. The van der Waals surface area contributed by atoms with E-state index in [1.54, 1.807) is 13.3 Å². The Kier molecular flexibility index (Phi) is 4.32. The first-order valence-electron chi connectivity index (χ1n) is 7.67. The van der Waals surface area contributed by atoms with Crippen molar-refractivity contribution in [3.63, 3.8) is 0 Å².